The van der Waals surface area contributed by atoms with Crippen LogP contribution in [0.15, 0.2) is 18.2 Å². The van der Waals surface area contributed by atoms with Crippen LogP contribution in [0.5, 0.6) is 0 Å². The molecule has 0 aromatic heterocycles. The van der Waals surface area contributed by atoms with Crippen LogP contribution in [0.4, 0.5) is 5.69 Å². The molecule has 0 spiro atoms. The van der Waals surface area contributed by atoms with Gasteiger partial charge in [0, 0.05) is 25.3 Å². The summed E-state index contributed by atoms with van der Waals surface area (Å²) in [4.78, 5) is 2.33. The van der Waals surface area contributed by atoms with Crippen molar-refractivity contribution in [3.63, 3.8) is 0 Å². The fraction of sp³-hybridized carbons (Fsp3) is 0.625. The maximum absolute atomic E-state index is 5.96. The monoisotopic (exact) mass is 248 g/mol. The SMILES string of the molecule is Cc1ccc(N(C)C(CN)CC(C)(C)C)c(C)c1. The van der Waals surface area contributed by atoms with Gasteiger partial charge in [0.25, 0.3) is 0 Å². The van der Waals surface area contributed by atoms with Gasteiger partial charge in [-0.05, 0) is 37.3 Å². The molecule has 1 unspecified atom stereocenters. The van der Waals surface area contributed by atoms with Crippen LogP contribution in [0, 0.1) is 19.3 Å². The van der Waals surface area contributed by atoms with Gasteiger partial charge in [-0.25, -0.2) is 0 Å². The first-order valence-corrected chi connectivity index (χ1v) is 6.75. The van der Waals surface area contributed by atoms with Gasteiger partial charge < -0.3 is 10.6 Å². The molecule has 102 valence electrons. The normalized spacial score (nSPS) is 13.5. The average Bonchev–Trinajstić information content (AvgIpc) is 2.24. The lowest BCUT2D eigenvalue weighted by Gasteiger charge is -2.34. The predicted molar refractivity (Wildman–Crippen MR) is 81.2 cm³/mol. The third-order valence-electron chi connectivity index (χ3n) is 3.40. The third-order valence-corrected chi connectivity index (χ3v) is 3.40. The molecule has 1 atom stereocenters. The molecule has 1 rings (SSSR count). The van der Waals surface area contributed by atoms with E-state index in [9.17, 15) is 0 Å². The Morgan fingerprint density at radius 3 is 2.28 bits per heavy atom. The number of benzene rings is 1. The topological polar surface area (TPSA) is 29.3 Å². The maximum Gasteiger partial charge on any atom is 0.0414 e. The van der Waals surface area contributed by atoms with Crippen LogP contribution >= 0.6 is 0 Å². The second-order valence-corrected chi connectivity index (χ2v) is 6.56. The van der Waals surface area contributed by atoms with Gasteiger partial charge >= 0.3 is 0 Å². The molecule has 0 saturated heterocycles. The Labute approximate surface area is 112 Å². The first-order chi connectivity index (χ1) is 8.24. The van der Waals surface area contributed by atoms with Gasteiger partial charge in [-0.15, -0.1) is 0 Å². The van der Waals surface area contributed by atoms with Gasteiger partial charge in [-0.2, -0.15) is 0 Å². The number of hydrogen-bond acceptors (Lipinski definition) is 2. The molecule has 0 aliphatic carbocycles. The van der Waals surface area contributed by atoms with Crippen molar-refractivity contribution in [3.05, 3.63) is 29.3 Å². The van der Waals surface area contributed by atoms with Crippen molar-refractivity contribution >= 4 is 5.69 Å². The summed E-state index contributed by atoms with van der Waals surface area (Å²) in [5, 5.41) is 0. The lowest BCUT2D eigenvalue weighted by molar-refractivity contribution is 0.336. The van der Waals surface area contributed by atoms with Crippen LogP contribution in [0.25, 0.3) is 0 Å². The molecule has 0 fully saturated rings. The zero-order valence-electron chi connectivity index (χ0n) is 12.7. The Bertz CT molecular complexity index is 391. The third kappa shape index (κ3) is 4.02. The number of rotatable bonds is 4. The minimum atomic E-state index is 0.302. The maximum atomic E-state index is 5.96. The summed E-state index contributed by atoms with van der Waals surface area (Å²) in [7, 11) is 2.15. The van der Waals surface area contributed by atoms with Gasteiger partial charge in [0.15, 0.2) is 0 Å². The smallest absolute Gasteiger partial charge is 0.0414 e. The summed E-state index contributed by atoms with van der Waals surface area (Å²) in [5.74, 6) is 0. The highest BCUT2D eigenvalue weighted by Gasteiger charge is 2.22. The van der Waals surface area contributed by atoms with E-state index in [0.717, 1.165) is 6.42 Å². The van der Waals surface area contributed by atoms with Crippen molar-refractivity contribution < 1.29 is 0 Å². The lowest BCUT2D eigenvalue weighted by atomic mass is 9.87. The molecule has 1 aromatic carbocycles. The van der Waals surface area contributed by atoms with E-state index in [2.05, 4.69) is 64.8 Å². The number of nitrogens with zero attached hydrogens (tertiary/aromatic N) is 1. The summed E-state index contributed by atoms with van der Waals surface area (Å²) >= 11 is 0. The second-order valence-electron chi connectivity index (χ2n) is 6.56. The summed E-state index contributed by atoms with van der Waals surface area (Å²) < 4.78 is 0. The summed E-state index contributed by atoms with van der Waals surface area (Å²) in [6.45, 7) is 11.8. The van der Waals surface area contributed by atoms with E-state index < -0.39 is 0 Å². The van der Waals surface area contributed by atoms with Crippen molar-refractivity contribution in [1.82, 2.24) is 0 Å². The molecule has 2 N–H and O–H groups in total. The van der Waals surface area contributed by atoms with Crippen molar-refractivity contribution in [2.75, 3.05) is 18.5 Å². The summed E-state index contributed by atoms with van der Waals surface area (Å²) in [6.07, 6.45) is 1.10. The van der Waals surface area contributed by atoms with Gasteiger partial charge in [-0.3, -0.25) is 0 Å². The zero-order chi connectivity index (χ0) is 13.9. The molecule has 0 amide bonds. The van der Waals surface area contributed by atoms with Crippen molar-refractivity contribution in [2.24, 2.45) is 11.1 Å². The van der Waals surface area contributed by atoms with E-state index in [-0.39, 0.29) is 0 Å². The van der Waals surface area contributed by atoms with E-state index >= 15 is 0 Å². The van der Waals surface area contributed by atoms with Crippen LogP contribution in [0.3, 0.4) is 0 Å². The van der Waals surface area contributed by atoms with E-state index in [1.807, 2.05) is 0 Å². The van der Waals surface area contributed by atoms with Crippen molar-refractivity contribution in [3.8, 4) is 0 Å². The Morgan fingerprint density at radius 1 is 1.22 bits per heavy atom. The Hall–Kier alpha value is -1.02. The number of hydrogen-bond donors (Lipinski definition) is 1. The van der Waals surface area contributed by atoms with E-state index in [0.29, 0.717) is 18.0 Å². The summed E-state index contributed by atoms with van der Waals surface area (Å²) in [6, 6.07) is 7.00. The van der Waals surface area contributed by atoms with Crippen LogP contribution < -0.4 is 10.6 Å². The molecular weight excluding hydrogens is 220 g/mol. The number of aryl methyl sites for hydroxylation is 2. The molecule has 0 saturated carbocycles. The molecule has 0 aliphatic rings. The van der Waals surface area contributed by atoms with Crippen molar-refractivity contribution in [2.45, 2.75) is 47.1 Å². The molecule has 2 nitrogen and oxygen atoms in total. The fourth-order valence-electron chi connectivity index (χ4n) is 2.48. The standard InChI is InChI=1S/C16H28N2/c1-12-7-8-15(13(2)9-12)18(6)14(11-17)10-16(3,4)5/h7-9,14H,10-11,17H2,1-6H3. The molecule has 0 aliphatic heterocycles. The van der Waals surface area contributed by atoms with E-state index in [4.69, 9.17) is 5.73 Å². The minimum Gasteiger partial charge on any atom is -0.370 e. The Balaban J connectivity index is 2.93. The minimum absolute atomic E-state index is 0.302. The molecular formula is C16H28N2. The number of nitrogens with two attached hydrogens (primary N) is 1. The lowest BCUT2D eigenvalue weighted by Crippen LogP contribution is -2.41. The van der Waals surface area contributed by atoms with Gasteiger partial charge in [0.1, 0.15) is 0 Å². The Morgan fingerprint density at radius 2 is 1.83 bits per heavy atom. The highest BCUT2D eigenvalue weighted by molar-refractivity contribution is 5.54. The molecule has 0 radical (unpaired) electrons. The highest BCUT2D eigenvalue weighted by Crippen LogP contribution is 2.27. The first-order valence-electron chi connectivity index (χ1n) is 6.75. The number of likely N-dealkylation sites (N-methyl/N-ethyl adjacent to an activating group) is 1. The largest absolute Gasteiger partial charge is 0.370 e. The summed E-state index contributed by atoms with van der Waals surface area (Å²) in [5.41, 5.74) is 10.2. The Kier molecular flexibility index (Phi) is 4.80. The van der Waals surface area contributed by atoms with E-state index in [1.165, 1.54) is 16.8 Å². The van der Waals surface area contributed by atoms with Crippen LogP contribution in [-0.4, -0.2) is 19.6 Å². The van der Waals surface area contributed by atoms with Crippen molar-refractivity contribution in [1.29, 1.82) is 0 Å². The molecule has 2 heteroatoms. The van der Waals surface area contributed by atoms with Gasteiger partial charge in [-0.1, -0.05) is 38.5 Å². The number of anilines is 1. The predicted octanol–water partition coefficient (Wildman–Crippen LogP) is 3.50. The molecule has 0 bridgehead atoms. The van der Waals surface area contributed by atoms with Gasteiger partial charge in [0.2, 0.25) is 0 Å². The van der Waals surface area contributed by atoms with Crippen LogP contribution in [0.2, 0.25) is 0 Å². The highest BCUT2D eigenvalue weighted by atomic mass is 15.1. The quantitative estimate of drug-likeness (QED) is 0.883. The zero-order valence-corrected chi connectivity index (χ0v) is 12.7. The average molecular weight is 248 g/mol. The van der Waals surface area contributed by atoms with Crippen LogP contribution in [0.1, 0.15) is 38.3 Å². The van der Waals surface area contributed by atoms with E-state index in [1.54, 1.807) is 0 Å². The van der Waals surface area contributed by atoms with Gasteiger partial charge in [0.05, 0.1) is 0 Å². The first kappa shape index (κ1) is 15.0. The molecule has 0 heterocycles. The molecule has 1 aromatic rings. The molecule has 18 heavy (non-hydrogen) atoms. The second kappa shape index (κ2) is 5.75. The fourth-order valence-corrected chi connectivity index (χ4v) is 2.48. The van der Waals surface area contributed by atoms with Crippen LogP contribution in [-0.2, 0) is 0 Å².